The average molecular weight is 240 g/mol. The summed E-state index contributed by atoms with van der Waals surface area (Å²) in [4.78, 5) is 2.73. The zero-order valence-corrected chi connectivity index (χ0v) is 12.3. The van der Waals surface area contributed by atoms with Crippen LogP contribution in [0.4, 0.5) is 0 Å². The van der Waals surface area contributed by atoms with E-state index in [0.717, 1.165) is 18.4 Å². The lowest BCUT2D eigenvalue weighted by Gasteiger charge is -2.31. The first kappa shape index (κ1) is 15.0. The molecular weight excluding hydrogens is 208 g/mol. The summed E-state index contributed by atoms with van der Waals surface area (Å²) < 4.78 is 0. The van der Waals surface area contributed by atoms with E-state index < -0.39 is 0 Å². The molecule has 102 valence electrons. The van der Waals surface area contributed by atoms with E-state index in [-0.39, 0.29) is 5.54 Å². The van der Waals surface area contributed by atoms with Crippen LogP contribution in [0.5, 0.6) is 0 Å². The van der Waals surface area contributed by atoms with Gasteiger partial charge < -0.3 is 10.6 Å². The Kier molecular flexibility index (Phi) is 5.94. The molecule has 1 aliphatic carbocycles. The van der Waals surface area contributed by atoms with E-state index in [0.29, 0.717) is 0 Å². The SMILES string of the molecule is CC(C)CN(CCCC(C)(C)N)C1CCCC1. The maximum Gasteiger partial charge on any atom is 0.00975 e. The molecule has 0 atom stereocenters. The van der Waals surface area contributed by atoms with Crippen molar-refractivity contribution in [2.75, 3.05) is 13.1 Å². The Labute approximate surface area is 108 Å². The van der Waals surface area contributed by atoms with Gasteiger partial charge in [0.15, 0.2) is 0 Å². The molecule has 0 radical (unpaired) electrons. The molecule has 1 rings (SSSR count). The molecule has 1 saturated carbocycles. The zero-order chi connectivity index (χ0) is 12.9. The van der Waals surface area contributed by atoms with Crippen molar-refractivity contribution in [1.82, 2.24) is 4.90 Å². The van der Waals surface area contributed by atoms with Crippen molar-refractivity contribution in [2.45, 2.75) is 77.8 Å². The molecule has 0 heterocycles. The topological polar surface area (TPSA) is 29.3 Å². The molecule has 0 spiro atoms. The molecule has 0 aromatic carbocycles. The van der Waals surface area contributed by atoms with Crippen molar-refractivity contribution in [3.63, 3.8) is 0 Å². The highest BCUT2D eigenvalue weighted by atomic mass is 15.2. The molecule has 2 nitrogen and oxygen atoms in total. The van der Waals surface area contributed by atoms with E-state index in [9.17, 15) is 0 Å². The van der Waals surface area contributed by atoms with E-state index in [4.69, 9.17) is 5.73 Å². The fraction of sp³-hybridized carbons (Fsp3) is 1.00. The number of rotatable bonds is 7. The van der Waals surface area contributed by atoms with Gasteiger partial charge in [-0.1, -0.05) is 26.7 Å². The fourth-order valence-electron chi connectivity index (χ4n) is 2.90. The van der Waals surface area contributed by atoms with Gasteiger partial charge >= 0.3 is 0 Å². The molecule has 0 aromatic heterocycles. The third-order valence-electron chi connectivity index (χ3n) is 3.71. The van der Waals surface area contributed by atoms with E-state index in [1.165, 1.54) is 45.2 Å². The molecule has 0 aliphatic heterocycles. The molecule has 0 bridgehead atoms. The summed E-state index contributed by atoms with van der Waals surface area (Å²) in [6.07, 6.45) is 8.07. The lowest BCUT2D eigenvalue weighted by Crippen LogP contribution is -2.39. The third kappa shape index (κ3) is 6.42. The minimum absolute atomic E-state index is 0.000817. The lowest BCUT2D eigenvalue weighted by molar-refractivity contribution is 0.170. The first-order valence-electron chi connectivity index (χ1n) is 7.41. The Balaban J connectivity index is 2.35. The van der Waals surface area contributed by atoms with E-state index in [1.54, 1.807) is 0 Å². The monoisotopic (exact) mass is 240 g/mol. The molecule has 0 unspecified atom stereocenters. The van der Waals surface area contributed by atoms with Crippen molar-refractivity contribution in [1.29, 1.82) is 0 Å². The van der Waals surface area contributed by atoms with Crippen LogP contribution in [0, 0.1) is 5.92 Å². The van der Waals surface area contributed by atoms with Crippen LogP contribution in [-0.2, 0) is 0 Å². The molecule has 0 aromatic rings. The van der Waals surface area contributed by atoms with Gasteiger partial charge in [-0.15, -0.1) is 0 Å². The van der Waals surface area contributed by atoms with Gasteiger partial charge in [0, 0.05) is 18.1 Å². The summed E-state index contributed by atoms with van der Waals surface area (Å²) in [6, 6.07) is 0.860. The highest BCUT2D eigenvalue weighted by Crippen LogP contribution is 2.24. The van der Waals surface area contributed by atoms with Crippen LogP contribution in [-0.4, -0.2) is 29.6 Å². The first-order chi connectivity index (χ1) is 7.88. The van der Waals surface area contributed by atoms with E-state index >= 15 is 0 Å². The van der Waals surface area contributed by atoms with Gasteiger partial charge in [0.05, 0.1) is 0 Å². The van der Waals surface area contributed by atoms with Crippen molar-refractivity contribution in [2.24, 2.45) is 11.7 Å². The van der Waals surface area contributed by atoms with Crippen LogP contribution in [0.3, 0.4) is 0 Å². The second-order valence-corrected chi connectivity index (χ2v) is 6.92. The summed E-state index contributed by atoms with van der Waals surface area (Å²) in [5.41, 5.74) is 6.06. The third-order valence-corrected chi connectivity index (χ3v) is 3.71. The lowest BCUT2D eigenvalue weighted by atomic mass is 9.99. The van der Waals surface area contributed by atoms with Crippen LogP contribution in [0.1, 0.15) is 66.2 Å². The highest BCUT2D eigenvalue weighted by Gasteiger charge is 2.23. The molecule has 1 fully saturated rings. The van der Waals surface area contributed by atoms with Gasteiger partial charge in [-0.3, -0.25) is 0 Å². The van der Waals surface area contributed by atoms with Gasteiger partial charge in [-0.25, -0.2) is 0 Å². The summed E-state index contributed by atoms with van der Waals surface area (Å²) in [6.45, 7) is 11.4. The predicted octanol–water partition coefficient (Wildman–Crippen LogP) is 3.40. The zero-order valence-electron chi connectivity index (χ0n) is 12.3. The standard InChI is InChI=1S/C15H32N2/c1-13(2)12-17(14-8-5-6-9-14)11-7-10-15(3,4)16/h13-14H,5-12,16H2,1-4H3. The molecular formula is C15H32N2. The highest BCUT2D eigenvalue weighted by molar-refractivity contribution is 4.79. The van der Waals surface area contributed by atoms with Gasteiger partial charge in [0.1, 0.15) is 0 Å². The first-order valence-corrected chi connectivity index (χ1v) is 7.41. The normalized spacial score (nSPS) is 18.5. The van der Waals surface area contributed by atoms with Crippen molar-refractivity contribution in [3.05, 3.63) is 0 Å². The largest absolute Gasteiger partial charge is 0.326 e. The number of hydrogen-bond acceptors (Lipinski definition) is 2. The molecule has 0 saturated heterocycles. The Morgan fingerprint density at radius 1 is 1.24 bits per heavy atom. The fourth-order valence-corrected chi connectivity index (χ4v) is 2.90. The summed E-state index contributed by atoms with van der Waals surface area (Å²) >= 11 is 0. The van der Waals surface area contributed by atoms with Crippen molar-refractivity contribution in [3.8, 4) is 0 Å². The molecule has 1 aliphatic rings. The van der Waals surface area contributed by atoms with Gasteiger partial charge in [0.2, 0.25) is 0 Å². The summed E-state index contributed by atoms with van der Waals surface area (Å²) in [5, 5.41) is 0. The number of nitrogens with zero attached hydrogens (tertiary/aromatic N) is 1. The smallest absolute Gasteiger partial charge is 0.00975 e. The predicted molar refractivity (Wildman–Crippen MR) is 76.2 cm³/mol. The summed E-state index contributed by atoms with van der Waals surface area (Å²) in [7, 11) is 0. The van der Waals surface area contributed by atoms with E-state index in [1.807, 2.05) is 0 Å². The van der Waals surface area contributed by atoms with Crippen LogP contribution in [0.15, 0.2) is 0 Å². The van der Waals surface area contributed by atoms with Crippen LogP contribution in [0.2, 0.25) is 0 Å². The summed E-state index contributed by atoms with van der Waals surface area (Å²) in [5.74, 6) is 0.779. The maximum absolute atomic E-state index is 6.06. The van der Waals surface area contributed by atoms with Crippen LogP contribution in [0.25, 0.3) is 0 Å². The van der Waals surface area contributed by atoms with Crippen molar-refractivity contribution < 1.29 is 0 Å². The quantitative estimate of drug-likeness (QED) is 0.739. The average Bonchev–Trinajstić information content (AvgIpc) is 2.66. The molecule has 2 heteroatoms. The maximum atomic E-state index is 6.06. The van der Waals surface area contributed by atoms with E-state index in [2.05, 4.69) is 32.6 Å². The molecule has 0 amide bonds. The van der Waals surface area contributed by atoms with Gasteiger partial charge in [0.25, 0.3) is 0 Å². The molecule has 2 N–H and O–H groups in total. The Hall–Kier alpha value is -0.0800. The minimum atomic E-state index is -0.000817. The second-order valence-electron chi connectivity index (χ2n) is 6.92. The van der Waals surface area contributed by atoms with Crippen molar-refractivity contribution >= 4 is 0 Å². The van der Waals surface area contributed by atoms with Gasteiger partial charge in [-0.2, -0.15) is 0 Å². The minimum Gasteiger partial charge on any atom is -0.326 e. The Morgan fingerprint density at radius 3 is 2.29 bits per heavy atom. The Morgan fingerprint density at radius 2 is 1.82 bits per heavy atom. The van der Waals surface area contributed by atoms with Gasteiger partial charge in [-0.05, 0) is 52.0 Å². The molecule has 17 heavy (non-hydrogen) atoms. The van der Waals surface area contributed by atoms with Crippen LogP contribution >= 0.6 is 0 Å². The van der Waals surface area contributed by atoms with Crippen LogP contribution < -0.4 is 5.73 Å². The number of hydrogen-bond donors (Lipinski definition) is 1. The number of nitrogens with two attached hydrogens (primary N) is 1. The Bertz CT molecular complexity index is 199. The second kappa shape index (κ2) is 6.75.